The molecule has 1 N–H and O–H groups in total. The Hall–Kier alpha value is -2.10. The molecule has 0 radical (unpaired) electrons. The fourth-order valence-corrected chi connectivity index (χ4v) is 6.48. The van der Waals surface area contributed by atoms with Crippen molar-refractivity contribution >= 4 is 24.4 Å². The standard InChI is InChI=1S/C27H40O11SSi/c1-17-11-13-18(14-12-17)39(30,31)37-24(25(28)33-6)22-20(23(26(29)36-22)35-16-32-5)21(19-10-9-15-34-19)38-40(7,8)27(2,3)4/h9-15,20-24,26,29H,16H2,1-8H3/t20-,21+,22+,23+,24+,26+/m0/s1. The summed E-state index contributed by atoms with van der Waals surface area (Å²) in [5, 5.41) is 10.7. The topological polar surface area (TPSA) is 140 Å². The molecule has 6 atom stereocenters. The lowest BCUT2D eigenvalue weighted by molar-refractivity contribution is -0.180. The average Bonchev–Trinajstić information content (AvgIpc) is 3.52. The first kappa shape index (κ1) is 32.4. The number of aliphatic hydroxyl groups is 1. The third kappa shape index (κ3) is 7.20. The number of aliphatic hydroxyl groups excluding tert-OH is 1. The van der Waals surface area contributed by atoms with Gasteiger partial charge in [0.05, 0.1) is 24.2 Å². The van der Waals surface area contributed by atoms with E-state index in [0.29, 0.717) is 5.76 Å². The van der Waals surface area contributed by atoms with Crippen LogP contribution in [0.5, 0.6) is 0 Å². The molecule has 13 heteroatoms. The van der Waals surface area contributed by atoms with Crippen LogP contribution in [0.15, 0.2) is 52.0 Å². The first-order chi connectivity index (χ1) is 18.6. The third-order valence-electron chi connectivity index (χ3n) is 7.39. The molecule has 0 amide bonds. The molecule has 0 saturated carbocycles. The maximum Gasteiger partial charge on any atom is 0.339 e. The van der Waals surface area contributed by atoms with Gasteiger partial charge in [0.1, 0.15) is 30.9 Å². The largest absolute Gasteiger partial charge is 0.467 e. The van der Waals surface area contributed by atoms with Crippen LogP contribution in [0.3, 0.4) is 0 Å². The van der Waals surface area contributed by atoms with E-state index in [9.17, 15) is 18.3 Å². The van der Waals surface area contributed by atoms with Crippen molar-refractivity contribution in [2.75, 3.05) is 21.0 Å². The average molecular weight is 601 g/mol. The van der Waals surface area contributed by atoms with E-state index in [2.05, 4.69) is 20.8 Å². The molecular weight excluding hydrogens is 560 g/mol. The maximum absolute atomic E-state index is 13.3. The van der Waals surface area contributed by atoms with Gasteiger partial charge in [0.15, 0.2) is 14.6 Å². The molecular formula is C27H40O11SSi. The first-order valence-electron chi connectivity index (χ1n) is 12.9. The fourth-order valence-electron chi connectivity index (χ4n) is 4.18. The van der Waals surface area contributed by atoms with E-state index in [0.717, 1.165) is 12.7 Å². The van der Waals surface area contributed by atoms with E-state index in [1.165, 1.54) is 25.5 Å². The Labute approximate surface area is 236 Å². The number of furan rings is 1. The zero-order valence-electron chi connectivity index (χ0n) is 24.2. The van der Waals surface area contributed by atoms with Gasteiger partial charge in [-0.3, -0.25) is 0 Å². The number of benzene rings is 1. The normalized spacial score (nSPS) is 23.6. The minimum atomic E-state index is -4.47. The van der Waals surface area contributed by atoms with Gasteiger partial charge in [-0.2, -0.15) is 8.42 Å². The van der Waals surface area contributed by atoms with Gasteiger partial charge >= 0.3 is 5.97 Å². The summed E-state index contributed by atoms with van der Waals surface area (Å²) in [7, 11) is -4.48. The lowest BCUT2D eigenvalue weighted by Gasteiger charge is -2.42. The molecule has 1 aliphatic heterocycles. The first-order valence-corrected chi connectivity index (χ1v) is 17.2. The van der Waals surface area contributed by atoms with E-state index >= 15 is 0 Å². The molecule has 2 aromatic rings. The molecule has 0 unspecified atom stereocenters. The second-order valence-electron chi connectivity index (χ2n) is 11.2. The van der Waals surface area contributed by atoms with Gasteiger partial charge in [-0.1, -0.05) is 38.5 Å². The van der Waals surface area contributed by atoms with Crippen LogP contribution in [0.1, 0.15) is 38.2 Å². The van der Waals surface area contributed by atoms with Gasteiger partial charge in [-0.05, 0) is 49.3 Å². The molecule has 40 heavy (non-hydrogen) atoms. The van der Waals surface area contributed by atoms with Crippen LogP contribution in [-0.2, 0) is 42.5 Å². The molecule has 1 saturated heterocycles. The van der Waals surface area contributed by atoms with Gasteiger partial charge in [0, 0.05) is 7.11 Å². The summed E-state index contributed by atoms with van der Waals surface area (Å²) in [5.74, 6) is -1.62. The lowest BCUT2D eigenvalue weighted by Crippen LogP contribution is -2.49. The lowest BCUT2D eigenvalue weighted by atomic mass is 9.88. The van der Waals surface area contributed by atoms with Crippen molar-refractivity contribution < 1.29 is 50.3 Å². The molecule has 1 aromatic heterocycles. The second kappa shape index (κ2) is 12.8. The van der Waals surface area contributed by atoms with E-state index in [1.807, 2.05) is 20.0 Å². The predicted octanol–water partition coefficient (Wildman–Crippen LogP) is 3.92. The Balaban J connectivity index is 2.13. The summed E-state index contributed by atoms with van der Waals surface area (Å²) in [5.41, 5.74) is 0.841. The SMILES string of the molecule is COCO[C@@H]1[C@@H]([C@H](O[Si](C)(C)C(C)(C)C)c2ccco2)[C@H]([C@@H](OS(=O)(=O)c2ccc(C)cc2)C(=O)OC)O[C@H]1O. The van der Waals surface area contributed by atoms with Crippen molar-refractivity contribution in [3.63, 3.8) is 0 Å². The zero-order chi connectivity index (χ0) is 29.9. The summed E-state index contributed by atoms with van der Waals surface area (Å²) in [6.45, 7) is 11.8. The van der Waals surface area contributed by atoms with Crippen molar-refractivity contribution in [3.8, 4) is 0 Å². The highest BCUT2D eigenvalue weighted by atomic mass is 32.2. The fraction of sp³-hybridized carbons (Fsp3) is 0.593. The molecule has 2 heterocycles. The molecule has 1 aromatic carbocycles. The van der Waals surface area contributed by atoms with Gasteiger partial charge in [-0.15, -0.1) is 0 Å². The number of hydrogen-bond donors (Lipinski definition) is 1. The number of carbonyl (C=O) groups excluding carboxylic acids is 1. The number of methoxy groups -OCH3 is 2. The summed E-state index contributed by atoms with van der Waals surface area (Å²) < 4.78 is 66.3. The van der Waals surface area contributed by atoms with Crippen LogP contribution < -0.4 is 0 Å². The van der Waals surface area contributed by atoms with E-state index in [-0.39, 0.29) is 16.7 Å². The number of rotatable bonds is 12. The second-order valence-corrected chi connectivity index (χ2v) is 17.6. The van der Waals surface area contributed by atoms with Crippen molar-refractivity contribution in [1.82, 2.24) is 0 Å². The minimum Gasteiger partial charge on any atom is -0.467 e. The zero-order valence-corrected chi connectivity index (χ0v) is 26.0. The smallest absolute Gasteiger partial charge is 0.339 e. The monoisotopic (exact) mass is 600 g/mol. The number of hydrogen-bond acceptors (Lipinski definition) is 11. The van der Waals surface area contributed by atoms with Crippen LogP contribution in [0.2, 0.25) is 18.1 Å². The molecule has 224 valence electrons. The van der Waals surface area contributed by atoms with Crippen molar-refractivity contribution in [1.29, 1.82) is 0 Å². The van der Waals surface area contributed by atoms with E-state index in [4.69, 9.17) is 32.0 Å². The summed E-state index contributed by atoms with van der Waals surface area (Å²) in [6.07, 6.45) is -5.33. The highest BCUT2D eigenvalue weighted by Crippen LogP contribution is 2.47. The Kier molecular flexibility index (Phi) is 10.4. The van der Waals surface area contributed by atoms with Crippen molar-refractivity contribution in [2.45, 2.75) is 81.4 Å². The highest BCUT2D eigenvalue weighted by Gasteiger charge is 2.57. The Morgan fingerprint density at radius 1 is 1.12 bits per heavy atom. The molecule has 1 fully saturated rings. The molecule has 0 bridgehead atoms. The number of aryl methyl sites for hydroxylation is 1. The van der Waals surface area contributed by atoms with Crippen LogP contribution in [-0.4, -0.2) is 73.4 Å². The Bertz CT molecular complexity index is 1210. The summed E-state index contributed by atoms with van der Waals surface area (Å²) in [4.78, 5) is 12.9. The van der Waals surface area contributed by atoms with Crippen molar-refractivity contribution in [3.05, 3.63) is 54.0 Å². The molecule has 1 aliphatic rings. The van der Waals surface area contributed by atoms with Gasteiger partial charge in [0.25, 0.3) is 10.1 Å². The number of ether oxygens (including phenoxy) is 4. The molecule has 11 nitrogen and oxygen atoms in total. The minimum absolute atomic E-state index is 0.158. The number of esters is 1. The van der Waals surface area contributed by atoms with Crippen LogP contribution >= 0.6 is 0 Å². The summed E-state index contributed by atoms with van der Waals surface area (Å²) in [6, 6.07) is 9.34. The molecule has 3 rings (SSSR count). The number of carbonyl (C=O) groups is 1. The van der Waals surface area contributed by atoms with Crippen LogP contribution in [0, 0.1) is 12.8 Å². The molecule has 0 aliphatic carbocycles. The van der Waals surface area contributed by atoms with Gasteiger partial charge < -0.3 is 32.9 Å². The maximum atomic E-state index is 13.3. The van der Waals surface area contributed by atoms with Crippen LogP contribution in [0.25, 0.3) is 0 Å². The highest BCUT2D eigenvalue weighted by molar-refractivity contribution is 7.86. The predicted molar refractivity (Wildman–Crippen MR) is 146 cm³/mol. The van der Waals surface area contributed by atoms with E-state index in [1.54, 1.807) is 24.3 Å². The van der Waals surface area contributed by atoms with Crippen molar-refractivity contribution in [2.24, 2.45) is 5.92 Å². The van der Waals surface area contributed by atoms with Crippen LogP contribution in [0.4, 0.5) is 0 Å². The third-order valence-corrected chi connectivity index (χ3v) is 13.2. The van der Waals surface area contributed by atoms with Gasteiger partial charge in [-0.25, -0.2) is 8.98 Å². The quantitative estimate of drug-likeness (QED) is 0.164. The Morgan fingerprint density at radius 2 is 1.77 bits per heavy atom. The van der Waals surface area contributed by atoms with E-state index < -0.39 is 61.0 Å². The summed E-state index contributed by atoms with van der Waals surface area (Å²) >= 11 is 0. The van der Waals surface area contributed by atoms with Gasteiger partial charge in [0.2, 0.25) is 6.10 Å². The Morgan fingerprint density at radius 3 is 2.30 bits per heavy atom. The molecule has 0 spiro atoms.